The molecular formula is C16H15Cl2N3O3S2. The highest BCUT2D eigenvalue weighted by Gasteiger charge is 2.28. The van der Waals surface area contributed by atoms with Gasteiger partial charge >= 0.3 is 0 Å². The topological polar surface area (TPSA) is 83.7 Å². The van der Waals surface area contributed by atoms with Gasteiger partial charge in [-0.3, -0.25) is 5.43 Å². The Labute approximate surface area is 166 Å². The average molecular weight is 432 g/mol. The molecule has 1 aromatic carbocycles. The number of hydrazone groups is 1. The molecule has 1 fully saturated rings. The second-order valence-electron chi connectivity index (χ2n) is 5.77. The zero-order valence-electron chi connectivity index (χ0n) is 13.4. The fourth-order valence-corrected chi connectivity index (χ4v) is 4.93. The number of furan rings is 1. The summed E-state index contributed by atoms with van der Waals surface area (Å²) in [4.78, 5) is 0. The minimum atomic E-state index is -2.96. The van der Waals surface area contributed by atoms with Gasteiger partial charge in [-0.2, -0.15) is 5.10 Å². The zero-order chi connectivity index (χ0) is 18.7. The zero-order valence-corrected chi connectivity index (χ0v) is 16.6. The Balaban J connectivity index is 1.56. The first-order chi connectivity index (χ1) is 12.3. The number of nitrogens with one attached hydrogen (secondary N) is 2. The molecule has 2 N–H and O–H groups in total. The fourth-order valence-electron chi connectivity index (χ4n) is 2.54. The molecule has 10 heteroatoms. The highest BCUT2D eigenvalue weighted by atomic mass is 35.5. The largest absolute Gasteiger partial charge is 0.455 e. The SMILES string of the molecule is O=S1(=O)CC[C@@H](NC(=S)N/N=C\c2ccc(-c3ccc(Cl)cc3Cl)o2)C1. The van der Waals surface area contributed by atoms with Crippen molar-refractivity contribution in [3.63, 3.8) is 0 Å². The summed E-state index contributed by atoms with van der Waals surface area (Å²) in [5, 5.41) is 8.22. The van der Waals surface area contributed by atoms with Crippen LogP contribution in [0.5, 0.6) is 0 Å². The molecule has 0 unspecified atom stereocenters. The van der Waals surface area contributed by atoms with Gasteiger partial charge in [0.1, 0.15) is 11.5 Å². The van der Waals surface area contributed by atoms with E-state index in [-0.39, 0.29) is 22.7 Å². The van der Waals surface area contributed by atoms with Crippen molar-refractivity contribution < 1.29 is 12.8 Å². The van der Waals surface area contributed by atoms with E-state index in [1.165, 1.54) is 6.21 Å². The smallest absolute Gasteiger partial charge is 0.187 e. The number of hydrogen-bond donors (Lipinski definition) is 2. The fraction of sp³-hybridized carbons (Fsp3) is 0.250. The van der Waals surface area contributed by atoms with Crippen molar-refractivity contribution in [3.05, 3.63) is 46.1 Å². The Morgan fingerprint density at radius 2 is 2.12 bits per heavy atom. The van der Waals surface area contributed by atoms with Crippen molar-refractivity contribution in [2.24, 2.45) is 5.10 Å². The molecule has 26 heavy (non-hydrogen) atoms. The number of benzene rings is 1. The molecule has 1 atom stereocenters. The van der Waals surface area contributed by atoms with Crippen LogP contribution in [0.1, 0.15) is 12.2 Å². The number of nitrogens with zero attached hydrogens (tertiary/aromatic N) is 1. The number of rotatable bonds is 4. The Bertz CT molecular complexity index is 957. The molecule has 0 radical (unpaired) electrons. The maximum Gasteiger partial charge on any atom is 0.187 e. The summed E-state index contributed by atoms with van der Waals surface area (Å²) in [6.45, 7) is 0. The van der Waals surface area contributed by atoms with Crippen LogP contribution in [0, 0.1) is 0 Å². The standard InChI is InChI=1S/C16H15Cl2N3O3S2/c17-10-1-3-13(14(18)7-10)15-4-2-12(24-15)8-19-21-16(25)20-11-5-6-26(22,23)9-11/h1-4,7-8,11H,5-6,9H2,(H2,20,21,25)/b19-8-/t11-/m1/s1. The summed E-state index contributed by atoms with van der Waals surface area (Å²) in [7, 11) is -2.96. The van der Waals surface area contributed by atoms with Crippen LogP contribution in [0.15, 0.2) is 39.9 Å². The van der Waals surface area contributed by atoms with Crippen LogP contribution in [0.4, 0.5) is 0 Å². The van der Waals surface area contributed by atoms with E-state index in [1.807, 2.05) is 0 Å². The van der Waals surface area contributed by atoms with Crippen molar-refractivity contribution >= 4 is 56.6 Å². The van der Waals surface area contributed by atoms with E-state index in [2.05, 4.69) is 15.8 Å². The molecular weight excluding hydrogens is 417 g/mol. The Morgan fingerprint density at radius 1 is 1.31 bits per heavy atom. The minimum Gasteiger partial charge on any atom is -0.455 e. The second-order valence-corrected chi connectivity index (χ2v) is 9.25. The van der Waals surface area contributed by atoms with Gasteiger partial charge in [0, 0.05) is 16.6 Å². The summed E-state index contributed by atoms with van der Waals surface area (Å²) >= 11 is 17.2. The van der Waals surface area contributed by atoms with Crippen LogP contribution in [0.2, 0.25) is 10.0 Å². The summed E-state index contributed by atoms with van der Waals surface area (Å²) < 4.78 is 28.5. The van der Waals surface area contributed by atoms with E-state index in [4.69, 9.17) is 39.8 Å². The third-order valence-corrected chi connectivity index (χ3v) is 6.27. The van der Waals surface area contributed by atoms with E-state index < -0.39 is 9.84 Å². The van der Waals surface area contributed by atoms with Gasteiger partial charge in [-0.25, -0.2) is 8.42 Å². The Hall–Kier alpha value is -1.61. The molecule has 2 aromatic rings. The van der Waals surface area contributed by atoms with Crippen LogP contribution in [0.25, 0.3) is 11.3 Å². The molecule has 6 nitrogen and oxygen atoms in total. The van der Waals surface area contributed by atoms with Gasteiger partial charge in [0.05, 0.1) is 22.7 Å². The number of sulfone groups is 1. The van der Waals surface area contributed by atoms with Crippen LogP contribution in [0.3, 0.4) is 0 Å². The number of thiocarbonyl (C=S) groups is 1. The monoisotopic (exact) mass is 431 g/mol. The predicted octanol–water partition coefficient (Wildman–Crippen LogP) is 3.24. The number of halogens is 2. The second kappa shape index (κ2) is 7.96. The molecule has 0 bridgehead atoms. The molecule has 0 spiro atoms. The Morgan fingerprint density at radius 3 is 2.81 bits per heavy atom. The molecule has 2 heterocycles. The molecule has 0 saturated carbocycles. The molecule has 3 rings (SSSR count). The number of hydrogen-bond acceptors (Lipinski definition) is 5. The summed E-state index contributed by atoms with van der Waals surface area (Å²) in [6.07, 6.45) is 2.00. The normalized spacial score (nSPS) is 18.9. The Kier molecular flexibility index (Phi) is 5.86. The van der Waals surface area contributed by atoms with Gasteiger partial charge in [-0.1, -0.05) is 23.2 Å². The molecule has 1 aliphatic rings. The first-order valence-electron chi connectivity index (χ1n) is 7.68. The summed E-state index contributed by atoms with van der Waals surface area (Å²) in [5.41, 5.74) is 3.37. The maximum atomic E-state index is 11.4. The third-order valence-electron chi connectivity index (χ3n) is 3.75. The third kappa shape index (κ3) is 4.97. The van der Waals surface area contributed by atoms with Crippen LogP contribution >= 0.6 is 35.4 Å². The van der Waals surface area contributed by atoms with Crippen LogP contribution in [-0.4, -0.2) is 37.3 Å². The quantitative estimate of drug-likeness (QED) is 0.439. The van der Waals surface area contributed by atoms with Crippen molar-refractivity contribution in [2.75, 3.05) is 11.5 Å². The molecule has 0 amide bonds. The molecule has 138 valence electrons. The van der Waals surface area contributed by atoms with Gasteiger partial charge in [-0.15, -0.1) is 0 Å². The molecule has 1 saturated heterocycles. The van der Waals surface area contributed by atoms with Gasteiger partial charge < -0.3 is 9.73 Å². The molecule has 1 aromatic heterocycles. The van der Waals surface area contributed by atoms with Gasteiger partial charge in [-0.05, 0) is 49.0 Å². The van der Waals surface area contributed by atoms with E-state index in [9.17, 15) is 8.42 Å². The van der Waals surface area contributed by atoms with Gasteiger partial charge in [0.25, 0.3) is 0 Å². The maximum absolute atomic E-state index is 11.4. The lowest BCUT2D eigenvalue weighted by atomic mass is 10.2. The summed E-state index contributed by atoms with van der Waals surface area (Å²) in [6, 6.07) is 8.48. The molecule has 1 aliphatic heterocycles. The van der Waals surface area contributed by atoms with E-state index in [0.29, 0.717) is 28.0 Å². The summed E-state index contributed by atoms with van der Waals surface area (Å²) in [5.74, 6) is 1.36. The first-order valence-corrected chi connectivity index (χ1v) is 10.7. The first kappa shape index (κ1) is 19.2. The lowest BCUT2D eigenvalue weighted by molar-refractivity contribution is 0.574. The molecule has 0 aliphatic carbocycles. The van der Waals surface area contributed by atoms with Crippen molar-refractivity contribution in [3.8, 4) is 11.3 Å². The minimum absolute atomic E-state index is 0.0852. The van der Waals surface area contributed by atoms with E-state index in [1.54, 1.807) is 30.3 Å². The van der Waals surface area contributed by atoms with Crippen molar-refractivity contribution in [1.82, 2.24) is 10.7 Å². The lowest BCUT2D eigenvalue weighted by Crippen LogP contribution is -2.40. The predicted molar refractivity (Wildman–Crippen MR) is 108 cm³/mol. The lowest BCUT2D eigenvalue weighted by Gasteiger charge is -2.11. The van der Waals surface area contributed by atoms with Crippen molar-refractivity contribution in [2.45, 2.75) is 12.5 Å². The van der Waals surface area contributed by atoms with Crippen molar-refractivity contribution in [1.29, 1.82) is 0 Å². The van der Waals surface area contributed by atoms with Gasteiger partial charge in [0.15, 0.2) is 14.9 Å². The van der Waals surface area contributed by atoms with E-state index >= 15 is 0 Å². The van der Waals surface area contributed by atoms with Gasteiger partial charge in [0.2, 0.25) is 0 Å². The van der Waals surface area contributed by atoms with Crippen LogP contribution in [-0.2, 0) is 9.84 Å². The highest BCUT2D eigenvalue weighted by molar-refractivity contribution is 7.91. The average Bonchev–Trinajstić information content (AvgIpc) is 3.14. The highest BCUT2D eigenvalue weighted by Crippen LogP contribution is 2.31. The van der Waals surface area contributed by atoms with E-state index in [0.717, 1.165) is 5.56 Å². The van der Waals surface area contributed by atoms with Crippen LogP contribution < -0.4 is 10.7 Å².